The van der Waals surface area contributed by atoms with Crippen molar-refractivity contribution in [2.24, 2.45) is 0 Å². The van der Waals surface area contributed by atoms with Crippen LogP contribution in [0.3, 0.4) is 0 Å². The molecule has 0 heterocycles. The summed E-state index contributed by atoms with van der Waals surface area (Å²) in [6, 6.07) is 0. The maximum atomic E-state index is 0. The molecule has 0 amide bonds. The molecular weight excluding hydrogens is 164 g/mol. The molecule has 0 aromatic rings. The second-order valence-electron chi connectivity index (χ2n) is 0. The first kappa shape index (κ1) is 127. The van der Waals surface area contributed by atoms with Crippen LogP contribution in [0.25, 0.3) is 0 Å². The van der Waals surface area contributed by atoms with Crippen molar-refractivity contribution in [3.05, 3.63) is 0 Å². The average molecular weight is 172 g/mol. The average Bonchev–Trinajstić information content (AvgIpc) is 0. The Kier molecular flexibility index (Phi) is 1760. The molecule has 0 radical (unpaired) electrons. The molecule has 0 atom stereocenters. The van der Waals surface area contributed by atoms with Crippen LogP contribution in [0, 0.1) is 0 Å². The Morgan fingerprint density at radius 2 is 0.600 bits per heavy atom. The molecule has 2 nitrogen and oxygen atoms in total. The van der Waals surface area contributed by atoms with Gasteiger partial charge in [-0.25, -0.2) is 0 Å². The first-order chi connectivity index (χ1) is 0. The molecule has 0 rings (SSSR count). The summed E-state index contributed by atoms with van der Waals surface area (Å²) in [5.74, 6) is 0. The number of hydrogen-bond donors (Lipinski definition) is 2. The molecule has 0 unspecified atom stereocenters. The predicted molar refractivity (Wildman–Crippen MR) is 24.5 cm³/mol. The van der Waals surface area contributed by atoms with E-state index in [4.69, 9.17) is 0 Å². The molecule has 0 aromatic heterocycles. The molecule has 0 aromatic carbocycles. The minimum absolute atomic E-state index is 0. The summed E-state index contributed by atoms with van der Waals surface area (Å²) < 4.78 is 0. The zero-order valence-corrected chi connectivity index (χ0v) is 7.54. The molecule has 0 saturated heterocycles. The Morgan fingerprint density at radius 1 is 0.600 bits per heavy atom. The van der Waals surface area contributed by atoms with Crippen molar-refractivity contribution in [1.29, 1.82) is 0 Å². The molecule has 0 aliphatic rings. The van der Waals surface area contributed by atoms with E-state index in [0.717, 1.165) is 0 Å². The van der Waals surface area contributed by atoms with Crippen molar-refractivity contribution in [2.75, 3.05) is 0 Å². The number of halogens is 2. The fourth-order valence-corrected chi connectivity index (χ4v) is 0. The summed E-state index contributed by atoms with van der Waals surface area (Å²) in [5, 5.41) is 0. The number of rotatable bonds is 0. The largest absolute Gasteiger partial charge is 0.344 e. The maximum absolute atomic E-state index is 0. The molecule has 0 fully saturated rings. The first-order valence-electron chi connectivity index (χ1n) is 0. The van der Waals surface area contributed by atoms with Crippen LogP contribution in [-0.2, 0) is 19.5 Å². The standard InChI is InChI=1S/2ClH.2H3N.Zn/h2*1H;2*1H3;. The van der Waals surface area contributed by atoms with Gasteiger partial charge in [0, 0.05) is 19.5 Å². The van der Waals surface area contributed by atoms with E-state index in [2.05, 4.69) is 0 Å². The Balaban J connectivity index is 0. The van der Waals surface area contributed by atoms with Gasteiger partial charge < -0.3 is 12.3 Å². The van der Waals surface area contributed by atoms with Crippen LogP contribution in [0.2, 0.25) is 0 Å². The van der Waals surface area contributed by atoms with E-state index >= 15 is 0 Å². The molecule has 5 heavy (non-hydrogen) atoms. The normalized spacial score (nSPS) is 0. The summed E-state index contributed by atoms with van der Waals surface area (Å²) >= 11 is 0. The summed E-state index contributed by atoms with van der Waals surface area (Å²) in [4.78, 5) is 0. The van der Waals surface area contributed by atoms with E-state index in [1.165, 1.54) is 0 Å². The monoisotopic (exact) mass is 170 g/mol. The van der Waals surface area contributed by atoms with Crippen molar-refractivity contribution in [3.63, 3.8) is 0 Å². The third-order valence-corrected chi connectivity index (χ3v) is 0. The van der Waals surface area contributed by atoms with Gasteiger partial charge in [0.15, 0.2) is 0 Å². The van der Waals surface area contributed by atoms with Gasteiger partial charge in [-0.15, -0.1) is 24.8 Å². The summed E-state index contributed by atoms with van der Waals surface area (Å²) in [6.07, 6.45) is 0. The van der Waals surface area contributed by atoms with Crippen molar-refractivity contribution >= 4 is 24.8 Å². The van der Waals surface area contributed by atoms with E-state index in [-0.39, 0.29) is 56.6 Å². The summed E-state index contributed by atoms with van der Waals surface area (Å²) in [6.45, 7) is 0. The van der Waals surface area contributed by atoms with Crippen LogP contribution in [0.15, 0.2) is 0 Å². The van der Waals surface area contributed by atoms with Crippen molar-refractivity contribution in [3.8, 4) is 0 Å². The van der Waals surface area contributed by atoms with Gasteiger partial charge in [-0.3, -0.25) is 0 Å². The van der Waals surface area contributed by atoms with Crippen LogP contribution < -0.4 is 12.3 Å². The van der Waals surface area contributed by atoms with Crippen LogP contribution in [-0.4, -0.2) is 0 Å². The van der Waals surface area contributed by atoms with Gasteiger partial charge in [-0.1, -0.05) is 0 Å². The predicted octanol–water partition coefficient (Wildman–Crippen LogP) is 1.17. The topological polar surface area (TPSA) is 70.0 Å². The Labute approximate surface area is 56.8 Å². The van der Waals surface area contributed by atoms with Gasteiger partial charge >= 0.3 is 0 Å². The molecule has 0 saturated carbocycles. The van der Waals surface area contributed by atoms with E-state index in [1.54, 1.807) is 0 Å². The Morgan fingerprint density at radius 3 is 0.600 bits per heavy atom. The van der Waals surface area contributed by atoms with Crippen molar-refractivity contribution in [1.82, 2.24) is 12.3 Å². The Hall–Kier alpha value is 1.12. The third kappa shape index (κ3) is 39.6. The first-order valence-corrected chi connectivity index (χ1v) is 0. The summed E-state index contributed by atoms with van der Waals surface area (Å²) in [5.41, 5.74) is 0. The van der Waals surface area contributed by atoms with Gasteiger partial charge in [0.25, 0.3) is 0 Å². The van der Waals surface area contributed by atoms with Crippen LogP contribution in [0.1, 0.15) is 0 Å². The molecule has 0 bridgehead atoms. The SMILES string of the molecule is Cl.Cl.N.N.[Zn]. The molecule has 0 aliphatic heterocycles. The van der Waals surface area contributed by atoms with Gasteiger partial charge in [0.1, 0.15) is 0 Å². The zero-order chi connectivity index (χ0) is 0. The van der Waals surface area contributed by atoms with Crippen molar-refractivity contribution in [2.45, 2.75) is 0 Å². The van der Waals surface area contributed by atoms with E-state index in [0.29, 0.717) is 0 Å². The summed E-state index contributed by atoms with van der Waals surface area (Å²) in [7, 11) is 0. The zero-order valence-electron chi connectivity index (χ0n) is 2.94. The minimum Gasteiger partial charge on any atom is -0.344 e. The van der Waals surface area contributed by atoms with E-state index < -0.39 is 0 Å². The fraction of sp³-hybridized carbons (Fsp3) is 0. The Bertz CT molecular complexity index is 7.61. The van der Waals surface area contributed by atoms with Gasteiger partial charge in [0.2, 0.25) is 0 Å². The fourth-order valence-electron chi connectivity index (χ4n) is 0. The van der Waals surface area contributed by atoms with Crippen molar-refractivity contribution < 1.29 is 19.5 Å². The third-order valence-electron chi connectivity index (χ3n) is 0. The van der Waals surface area contributed by atoms with Gasteiger partial charge in [0.05, 0.1) is 0 Å². The van der Waals surface area contributed by atoms with Gasteiger partial charge in [-0.05, 0) is 0 Å². The molecular formula is H8Cl2N2Zn. The van der Waals surface area contributed by atoms with E-state index in [1.807, 2.05) is 0 Å². The molecule has 0 aliphatic carbocycles. The second kappa shape index (κ2) is 69.0. The van der Waals surface area contributed by atoms with Gasteiger partial charge in [-0.2, -0.15) is 0 Å². The maximum Gasteiger partial charge on any atom is 0 e. The number of hydrogen-bond acceptors (Lipinski definition) is 2. The van der Waals surface area contributed by atoms with E-state index in [9.17, 15) is 0 Å². The smallest absolute Gasteiger partial charge is 0 e. The van der Waals surface area contributed by atoms with Crippen LogP contribution in [0.5, 0.6) is 0 Å². The molecule has 0 spiro atoms. The quantitative estimate of drug-likeness (QED) is 0.538. The molecule has 6 N–H and O–H groups in total. The minimum atomic E-state index is 0. The van der Waals surface area contributed by atoms with Crippen LogP contribution >= 0.6 is 24.8 Å². The molecule has 34 valence electrons. The second-order valence-corrected chi connectivity index (χ2v) is 0. The van der Waals surface area contributed by atoms with Crippen LogP contribution in [0.4, 0.5) is 0 Å². The molecule has 5 heteroatoms.